The molecule has 0 bridgehead atoms. The Morgan fingerprint density at radius 2 is 1.92 bits per heavy atom. The minimum atomic E-state index is -4.33. The lowest BCUT2D eigenvalue weighted by atomic mass is 10.0. The van der Waals surface area contributed by atoms with Crippen LogP contribution in [0.4, 0.5) is 13.2 Å². The minimum absolute atomic E-state index is 0.0649. The monoisotopic (exact) mass is 361 g/mol. The van der Waals surface area contributed by atoms with Crippen molar-refractivity contribution in [1.82, 2.24) is 5.32 Å². The molecule has 0 saturated heterocycles. The predicted molar refractivity (Wildman–Crippen MR) is 89.9 cm³/mol. The van der Waals surface area contributed by atoms with Gasteiger partial charge in [-0.05, 0) is 43.4 Å². The van der Waals surface area contributed by atoms with E-state index in [9.17, 15) is 18.0 Å². The molecule has 142 valence electrons. The Balaban J connectivity index is 2.38. The molecule has 1 N–H and O–H groups in total. The van der Waals surface area contributed by atoms with Gasteiger partial charge in [0, 0.05) is 13.2 Å². The normalized spacial score (nSPS) is 13.0. The molecule has 0 spiro atoms. The number of hydrogen-bond donors (Lipinski definition) is 1. The zero-order chi connectivity index (χ0) is 19.0. The van der Waals surface area contributed by atoms with Gasteiger partial charge in [0.1, 0.15) is 12.4 Å². The Morgan fingerprint density at radius 3 is 2.52 bits per heavy atom. The van der Waals surface area contributed by atoms with Crippen LogP contribution in [0.25, 0.3) is 0 Å². The standard InChI is InChI=1S/C18H26F3NO3/c1-12(2)15-7-6-13(3)16(10-15)25-14(4)17(23)22-8-5-9-24-11-18(19,20)21/h6-7,10,12,14H,5,8-9,11H2,1-4H3,(H,22,23). The summed E-state index contributed by atoms with van der Waals surface area (Å²) < 4.78 is 45.9. The van der Waals surface area contributed by atoms with E-state index >= 15 is 0 Å². The lowest BCUT2D eigenvalue weighted by Gasteiger charge is -2.18. The van der Waals surface area contributed by atoms with Gasteiger partial charge in [-0.1, -0.05) is 26.0 Å². The fraction of sp³-hybridized carbons (Fsp3) is 0.611. The maximum Gasteiger partial charge on any atom is 0.411 e. The molecule has 1 aromatic rings. The van der Waals surface area contributed by atoms with E-state index in [1.807, 2.05) is 25.1 Å². The molecular weight excluding hydrogens is 335 g/mol. The Bertz CT molecular complexity index is 559. The van der Waals surface area contributed by atoms with Crippen LogP contribution in [0.2, 0.25) is 0 Å². The summed E-state index contributed by atoms with van der Waals surface area (Å²) >= 11 is 0. The fourth-order valence-corrected chi connectivity index (χ4v) is 2.06. The van der Waals surface area contributed by atoms with Gasteiger partial charge in [-0.3, -0.25) is 4.79 Å². The molecule has 0 saturated carbocycles. The molecule has 1 rings (SSSR count). The van der Waals surface area contributed by atoms with Gasteiger partial charge in [0.25, 0.3) is 5.91 Å². The first-order valence-corrected chi connectivity index (χ1v) is 8.29. The number of benzene rings is 1. The van der Waals surface area contributed by atoms with Crippen LogP contribution in [0.5, 0.6) is 5.75 Å². The van der Waals surface area contributed by atoms with Gasteiger partial charge in [0.2, 0.25) is 0 Å². The number of carbonyl (C=O) groups is 1. The number of carbonyl (C=O) groups excluding carboxylic acids is 1. The van der Waals surface area contributed by atoms with Gasteiger partial charge >= 0.3 is 6.18 Å². The first kappa shape index (κ1) is 21.3. The molecule has 1 atom stereocenters. The van der Waals surface area contributed by atoms with E-state index in [1.54, 1.807) is 6.92 Å². The number of amides is 1. The van der Waals surface area contributed by atoms with Crippen molar-refractivity contribution in [2.75, 3.05) is 19.8 Å². The summed E-state index contributed by atoms with van der Waals surface area (Å²) in [6.45, 7) is 6.59. The van der Waals surface area contributed by atoms with Gasteiger partial charge in [0.15, 0.2) is 6.10 Å². The molecule has 0 aliphatic rings. The van der Waals surface area contributed by atoms with E-state index in [2.05, 4.69) is 23.9 Å². The summed E-state index contributed by atoms with van der Waals surface area (Å²) in [6, 6.07) is 5.90. The molecule has 25 heavy (non-hydrogen) atoms. The average molecular weight is 361 g/mol. The fourth-order valence-electron chi connectivity index (χ4n) is 2.06. The number of ether oxygens (including phenoxy) is 2. The molecular formula is C18H26F3NO3. The Labute approximate surface area is 146 Å². The highest BCUT2D eigenvalue weighted by molar-refractivity contribution is 5.80. The number of alkyl halides is 3. The minimum Gasteiger partial charge on any atom is -0.481 e. The second-order valence-corrected chi connectivity index (χ2v) is 6.25. The van der Waals surface area contributed by atoms with Crippen LogP contribution < -0.4 is 10.1 Å². The lowest BCUT2D eigenvalue weighted by molar-refractivity contribution is -0.174. The number of halogens is 3. The molecule has 0 heterocycles. The van der Waals surface area contributed by atoms with Crippen LogP contribution in [-0.4, -0.2) is 37.9 Å². The van der Waals surface area contributed by atoms with Crippen molar-refractivity contribution in [3.8, 4) is 5.75 Å². The van der Waals surface area contributed by atoms with E-state index in [0.717, 1.165) is 11.1 Å². The van der Waals surface area contributed by atoms with E-state index < -0.39 is 18.9 Å². The molecule has 4 nitrogen and oxygen atoms in total. The highest BCUT2D eigenvalue weighted by Crippen LogP contribution is 2.25. The van der Waals surface area contributed by atoms with Crippen molar-refractivity contribution < 1.29 is 27.4 Å². The van der Waals surface area contributed by atoms with Gasteiger partial charge in [-0.2, -0.15) is 13.2 Å². The third kappa shape index (κ3) is 8.25. The summed E-state index contributed by atoms with van der Waals surface area (Å²) in [5.74, 6) is 0.691. The quantitative estimate of drug-likeness (QED) is 0.677. The molecule has 0 aliphatic heterocycles. The molecule has 1 unspecified atom stereocenters. The average Bonchev–Trinajstić information content (AvgIpc) is 2.51. The first-order valence-electron chi connectivity index (χ1n) is 8.29. The summed E-state index contributed by atoms with van der Waals surface area (Å²) in [5.41, 5.74) is 2.06. The topological polar surface area (TPSA) is 47.6 Å². The number of rotatable bonds is 9. The van der Waals surface area contributed by atoms with E-state index in [-0.39, 0.29) is 19.1 Å². The van der Waals surface area contributed by atoms with Gasteiger partial charge in [0.05, 0.1) is 0 Å². The van der Waals surface area contributed by atoms with Gasteiger partial charge < -0.3 is 14.8 Å². The Kier molecular flexibility index (Phi) is 8.22. The second-order valence-electron chi connectivity index (χ2n) is 6.25. The largest absolute Gasteiger partial charge is 0.481 e. The van der Waals surface area contributed by atoms with Crippen molar-refractivity contribution in [3.63, 3.8) is 0 Å². The second kappa shape index (κ2) is 9.65. The zero-order valence-electron chi connectivity index (χ0n) is 15.1. The Morgan fingerprint density at radius 1 is 1.24 bits per heavy atom. The van der Waals surface area contributed by atoms with E-state index in [1.165, 1.54) is 0 Å². The maximum atomic E-state index is 12.0. The molecule has 1 amide bonds. The summed E-state index contributed by atoms with van der Waals surface area (Å²) in [6.07, 6.45) is -4.72. The van der Waals surface area contributed by atoms with Crippen LogP contribution in [0.15, 0.2) is 18.2 Å². The van der Waals surface area contributed by atoms with Crippen molar-refractivity contribution in [2.24, 2.45) is 0 Å². The SMILES string of the molecule is Cc1ccc(C(C)C)cc1OC(C)C(=O)NCCCOCC(F)(F)F. The van der Waals surface area contributed by atoms with Crippen molar-refractivity contribution in [1.29, 1.82) is 0 Å². The van der Waals surface area contributed by atoms with Crippen LogP contribution >= 0.6 is 0 Å². The zero-order valence-corrected chi connectivity index (χ0v) is 15.1. The van der Waals surface area contributed by atoms with Crippen LogP contribution in [0, 0.1) is 6.92 Å². The smallest absolute Gasteiger partial charge is 0.411 e. The first-order chi connectivity index (χ1) is 11.6. The van der Waals surface area contributed by atoms with Gasteiger partial charge in [-0.25, -0.2) is 0 Å². The summed E-state index contributed by atoms with van der Waals surface area (Å²) in [7, 11) is 0. The van der Waals surface area contributed by atoms with Crippen molar-refractivity contribution in [2.45, 2.75) is 52.3 Å². The number of aryl methyl sites for hydroxylation is 1. The van der Waals surface area contributed by atoms with E-state index in [0.29, 0.717) is 18.1 Å². The summed E-state index contributed by atoms with van der Waals surface area (Å²) in [4.78, 5) is 12.0. The third-order valence-corrected chi connectivity index (χ3v) is 3.58. The van der Waals surface area contributed by atoms with Gasteiger partial charge in [-0.15, -0.1) is 0 Å². The van der Waals surface area contributed by atoms with Crippen LogP contribution in [-0.2, 0) is 9.53 Å². The molecule has 0 aliphatic carbocycles. The molecule has 0 aromatic heterocycles. The van der Waals surface area contributed by atoms with Crippen LogP contribution in [0.1, 0.15) is 44.2 Å². The highest BCUT2D eigenvalue weighted by atomic mass is 19.4. The summed E-state index contributed by atoms with van der Waals surface area (Å²) in [5, 5.41) is 2.63. The van der Waals surface area contributed by atoms with Crippen molar-refractivity contribution >= 4 is 5.91 Å². The molecule has 0 radical (unpaired) electrons. The molecule has 0 fully saturated rings. The van der Waals surface area contributed by atoms with Crippen molar-refractivity contribution in [3.05, 3.63) is 29.3 Å². The number of nitrogens with one attached hydrogen (secondary N) is 1. The Hall–Kier alpha value is -1.76. The number of hydrogen-bond acceptors (Lipinski definition) is 3. The third-order valence-electron chi connectivity index (χ3n) is 3.58. The predicted octanol–water partition coefficient (Wildman–Crippen LogP) is 3.97. The molecule has 7 heteroatoms. The van der Waals surface area contributed by atoms with Crippen LogP contribution in [0.3, 0.4) is 0 Å². The highest BCUT2D eigenvalue weighted by Gasteiger charge is 2.27. The molecule has 1 aromatic carbocycles. The maximum absolute atomic E-state index is 12.0. The lowest BCUT2D eigenvalue weighted by Crippen LogP contribution is -2.37. The van der Waals surface area contributed by atoms with E-state index in [4.69, 9.17) is 4.74 Å².